The van der Waals surface area contributed by atoms with E-state index in [1.54, 1.807) is 13.3 Å². The first-order valence-corrected chi connectivity index (χ1v) is 7.42. The highest BCUT2D eigenvalue weighted by molar-refractivity contribution is 9.10. The molecule has 3 rings (SSSR count). The van der Waals surface area contributed by atoms with Gasteiger partial charge in [-0.15, -0.1) is 0 Å². The molecule has 5 heteroatoms. The minimum atomic E-state index is 0.0163. The number of benzene rings is 1. The maximum atomic E-state index is 5.94. The quantitative estimate of drug-likeness (QED) is 0.691. The first kappa shape index (κ1) is 13.9. The minimum Gasteiger partial charge on any atom is -0.493 e. The van der Waals surface area contributed by atoms with E-state index in [0.717, 1.165) is 32.8 Å². The van der Waals surface area contributed by atoms with Crippen molar-refractivity contribution in [2.45, 2.75) is 13.0 Å². The second-order valence-corrected chi connectivity index (χ2v) is 5.49. The Hall–Kier alpha value is -2.01. The zero-order chi connectivity index (χ0) is 14.8. The summed E-state index contributed by atoms with van der Waals surface area (Å²) >= 11 is 3.43. The van der Waals surface area contributed by atoms with Crippen LogP contribution in [-0.2, 0) is 0 Å². The summed E-state index contributed by atoms with van der Waals surface area (Å²) in [6, 6.07) is 11.8. The van der Waals surface area contributed by atoms with Crippen LogP contribution in [-0.4, -0.2) is 12.1 Å². The lowest BCUT2D eigenvalue weighted by Crippen LogP contribution is -2.06. The molecule has 21 heavy (non-hydrogen) atoms. The molecule has 1 atom stereocenters. The van der Waals surface area contributed by atoms with E-state index in [1.165, 1.54) is 0 Å². The smallest absolute Gasteiger partial charge is 0.176 e. The van der Waals surface area contributed by atoms with E-state index in [4.69, 9.17) is 9.15 Å². The number of halogens is 1. The van der Waals surface area contributed by atoms with Gasteiger partial charge in [0.2, 0.25) is 0 Å². The number of nitrogens with one attached hydrogen (secondary N) is 1. The highest BCUT2D eigenvalue weighted by Crippen LogP contribution is 2.32. The van der Waals surface area contributed by atoms with Gasteiger partial charge in [-0.25, -0.2) is 4.98 Å². The van der Waals surface area contributed by atoms with Crippen molar-refractivity contribution >= 4 is 32.6 Å². The summed E-state index contributed by atoms with van der Waals surface area (Å²) in [5, 5.41) is 4.41. The number of hydrogen-bond acceptors (Lipinski definition) is 4. The number of hydrogen-bond donors (Lipinski definition) is 1. The summed E-state index contributed by atoms with van der Waals surface area (Å²) in [7, 11) is 1.64. The Morgan fingerprint density at radius 3 is 2.90 bits per heavy atom. The van der Waals surface area contributed by atoms with Gasteiger partial charge in [-0.3, -0.25) is 0 Å². The molecule has 0 radical (unpaired) electrons. The van der Waals surface area contributed by atoms with E-state index in [9.17, 15) is 0 Å². The van der Waals surface area contributed by atoms with Crippen molar-refractivity contribution in [3.05, 3.63) is 53.0 Å². The second-order valence-electron chi connectivity index (χ2n) is 4.74. The van der Waals surface area contributed by atoms with Gasteiger partial charge in [0.1, 0.15) is 10.4 Å². The van der Waals surface area contributed by atoms with Crippen LogP contribution in [0.5, 0.6) is 5.75 Å². The van der Waals surface area contributed by atoms with E-state index in [2.05, 4.69) is 26.2 Å². The second kappa shape index (κ2) is 5.77. The number of furan rings is 1. The predicted molar refractivity (Wildman–Crippen MR) is 86.7 cm³/mol. The van der Waals surface area contributed by atoms with Gasteiger partial charge in [0.15, 0.2) is 11.3 Å². The normalized spacial score (nSPS) is 12.3. The standard InChI is InChI=1S/C16H15BrN2O2/c1-10(19-12-6-4-8-18-16(12)17)14-9-11-5-3-7-13(20-2)15(11)21-14/h3-10,19H,1-2H3. The lowest BCUT2D eigenvalue weighted by atomic mass is 10.2. The maximum absolute atomic E-state index is 5.94. The molecule has 0 aliphatic carbocycles. The van der Waals surface area contributed by atoms with Crippen molar-refractivity contribution in [2.75, 3.05) is 12.4 Å². The van der Waals surface area contributed by atoms with Crippen molar-refractivity contribution in [3.63, 3.8) is 0 Å². The number of ether oxygens (including phenoxy) is 1. The van der Waals surface area contributed by atoms with Gasteiger partial charge >= 0.3 is 0 Å². The summed E-state index contributed by atoms with van der Waals surface area (Å²) in [4.78, 5) is 4.20. The Morgan fingerprint density at radius 2 is 2.14 bits per heavy atom. The lowest BCUT2D eigenvalue weighted by molar-refractivity contribution is 0.406. The van der Waals surface area contributed by atoms with Gasteiger partial charge < -0.3 is 14.5 Å². The van der Waals surface area contributed by atoms with Crippen molar-refractivity contribution in [2.24, 2.45) is 0 Å². The molecule has 1 N–H and O–H groups in total. The first-order chi connectivity index (χ1) is 10.2. The van der Waals surface area contributed by atoms with Crippen molar-refractivity contribution < 1.29 is 9.15 Å². The summed E-state index contributed by atoms with van der Waals surface area (Å²) in [6.45, 7) is 2.05. The summed E-state index contributed by atoms with van der Waals surface area (Å²) < 4.78 is 12.0. The average molecular weight is 347 g/mol. The van der Waals surface area contributed by atoms with Crippen LogP contribution in [0.25, 0.3) is 11.0 Å². The highest BCUT2D eigenvalue weighted by Gasteiger charge is 2.15. The van der Waals surface area contributed by atoms with Crippen LogP contribution in [0.4, 0.5) is 5.69 Å². The maximum Gasteiger partial charge on any atom is 0.176 e. The van der Waals surface area contributed by atoms with Gasteiger partial charge in [0, 0.05) is 11.6 Å². The third-order valence-electron chi connectivity index (χ3n) is 3.30. The summed E-state index contributed by atoms with van der Waals surface area (Å²) in [5.41, 5.74) is 1.70. The number of para-hydroxylation sites is 1. The van der Waals surface area contributed by atoms with Crippen LogP contribution in [0, 0.1) is 0 Å². The number of pyridine rings is 1. The number of rotatable bonds is 4. The third-order valence-corrected chi connectivity index (χ3v) is 3.94. The van der Waals surface area contributed by atoms with E-state index < -0.39 is 0 Å². The molecule has 0 spiro atoms. The Morgan fingerprint density at radius 1 is 1.29 bits per heavy atom. The molecule has 0 aliphatic heterocycles. The molecule has 0 amide bonds. The first-order valence-electron chi connectivity index (χ1n) is 6.62. The molecular weight excluding hydrogens is 332 g/mol. The van der Waals surface area contributed by atoms with Crippen molar-refractivity contribution in [1.82, 2.24) is 4.98 Å². The predicted octanol–water partition coefficient (Wildman–Crippen LogP) is 4.77. The minimum absolute atomic E-state index is 0.0163. The Balaban J connectivity index is 1.91. The zero-order valence-corrected chi connectivity index (χ0v) is 13.3. The van der Waals surface area contributed by atoms with E-state index in [1.807, 2.05) is 43.3 Å². The van der Waals surface area contributed by atoms with Crippen LogP contribution in [0.1, 0.15) is 18.7 Å². The fraction of sp³-hybridized carbons (Fsp3) is 0.188. The van der Waals surface area contributed by atoms with Crippen LogP contribution >= 0.6 is 15.9 Å². The lowest BCUT2D eigenvalue weighted by Gasteiger charge is -2.13. The molecule has 0 saturated heterocycles. The number of anilines is 1. The Labute approximate surface area is 131 Å². The third kappa shape index (κ3) is 2.74. The van der Waals surface area contributed by atoms with Crippen LogP contribution < -0.4 is 10.1 Å². The molecule has 0 bridgehead atoms. The average Bonchev–Trinajstić information content (AvgIpc) is 2.93. The van der Waals surface area contributed by atoms with E-state index in [0.29, 0.717) is 0 Å². The summed E-state index contributed by atoms with van der Waals surface area (Å²) in [5.74, 6) is 1.60. The Bertz CT molecular complexity index is 770. The highest BCUT2D eigenvalue weighted by atomic mass is 79.9. The fourth-order valence-electron chi connectivity index (χ4n) is 2.23. The fourth-order valence-corrected chi connectivity index (χ4v) is 2.59. The number of nitrogens with zero attached hydrogens (tertiary/aromatic N) is 1. The molecule has 2 heterocycles. The molecular formula is C16H15BrN2O2. The molecule has 0 aliphatic rings. The molecule has 0 fully saturated rings. The SMILES string of the molecule is COc1cccc2cc(C(C)Nc3cccnc3Br)oc12. The Kier molecular flexibility index (Phi) is 3.84. The van der Waals surface area contributed by atoms with E-state index in [-0.39, 0.29) is 6.04 Å². The molecule has 4 nitrogen and oxygen atoms in total. The van der Waals surface area contributed by atoms with Crippen LogP contribution in [0.3, 0.4) is 0 Å². The van der Waals surface area contributed by atoms with Crippen LogP contribution in [0.2, 0.25) is 0 Å². The largest absolute Gasteiger partial charge is 0.493 e. The summed E-state index contributed by atoms with van der Waals surface area (Å²) in [6.07, 6.45) is 1.74. The van der Waals surface area contributed by atoms with Gasteiger partial charge in [-0.2, -0.15) is 0 Å². The molecule has 0 saturated carbocycles. The number of fused-ring (bicyclic) bond motifs is 1. The van der Waals surface area contributed by atoms with Crippen molar-refractivity contribution in [1.29, 1.82) is 0 Å². The molecule has 2 aromatic heterocycles. The van der Waals surface area contributed by atoms with Gasteiger partial charge in [0.25, 0.3) is 0 Å². The van der Waals surface area contributed by atoms with Crippen molar-refractivity contribution in [3.8, 4) is 5.75 Å². The van der Waals surface area contributed by atoms with Gasteiger partial charge in [-0.1, -0.05) is 12.1 Å². The topological polar surface area (TPSA) is 47.3 Å². The number of aromatic nitrogens is 1. The molecule has 1 aromatic carbocycles. The number of methoxy groups -OCH3 is 1. The zero-order valence-electron chi connectivity index (χ0n) is 11.8. The van der Waals surface area contributed by atoms with Gasteiger partial charge in [0.05, 0.1) is 18.8 Å². The van der Waals surface area contributed by atoms with Crippen LogP contribution in [0.15, 0.2) is 51.6 Å². The molecule has 108 valence electrons. The van der Waals surface area contributed by atoms with E-state index >= 15 is 0 Å². The van der Waals surface area contributed by atoms with Gasteiger partial charge in [-0.05, 0) is 47.1 Å². The molecule has 3 aromatic rings. The monoisotopic (exact) mass is 346 g/mol. The molecule has 1 unspecified atom stereocenters.